The van der Waals surface area contributed by atoms with Gasteiger partial charge in [0.15, 0.2) is 0 Å². The summed E-state index contributed by atoms with van der Waals surface area (Å²) in [5, 5.41) is 3.20. The standard InChI is InChI=1S/C14H16ClN3O/c1-10(2)19-14-7-13(16-9-17-14)18-12-5-3-4-11(6-12)8-15/h3-7,9-10H,8H2,1-2H3,(H,16,17,18). The Labute approximate surface area is 117 Å². The summed E-state index contributed by atoms with van der Waals surface area (Å²) in [6.07, 6.45) is 1.56. The molecule has 0 saturated carbocycles. The number of nitrogens with one attached hydrogen (secondary N) is 1. The van der Waals surface area contributed by atoms with Gasteiger partial charge in [0, 0.05) is 17.6 Å². The van der Waals surface area contributed by atoms with Crippen LogP contribution in [0.15, 0.2) is 36.7 Å². The smallest absolute Gasteiger partial charge is 0.218 e. The van der Waals surface area contributed by atoms with Crippen LogP contribution in [0.2, 0.25) is 0 Å². The molecule has 0 fully saturated rings. The molecule has 0 aliphatic heterocycles. The molecule has 0 amide bonds. The molecular weight excluding hydrogens is 262 g/mol. The lowest BCUT2D eigenvalue weighted by molar-refractivity contribution is 0.232. The summed E-state index contributed by atoms with van der Waals surface area (Å²) in [5.74, 6) is 1.74. The van der Waals surface area contributed by atoms with Gasteiger partial charge in [-0.2, -0.15) is 0 Å². The second-order valence-electron chi connectivity index (χ2n) is 4.37. The molecular formula is C14H16ClN3O. The highest BCUT2D eigenvalue weighted by Crippen LogP contribution is 2.19. The van der Waals surface area contributed by atoms with E-state index in [4.69, 9.17) is 16.3 Å². The van der Waals surface area contributed by atoms with Crippen molar-refractivity contribution in [2.45, 2.75) is 25.8 Å². The van der Waals surface area contributed by atoms with Crippen molar-refractivity contribution in [3.63, 3.8) is 0 Å². The number of hydrogen-bond donors (Lipinski definition) is 1. The fourth-order valence-electron chi connectivity index (χ4n) is 1.59. The minimum absolute atomic E-state index is 0.0855. The number of rotatable bonds is 5. The van der Waals surface area contributed by atoms with E-state index in [1.807, 2.05) is 38.1 Å². The predicted octanol–water partition coefficient (Wildman–Crippen LogP) is 3.75. The van der Waals surface area contributed by atoms with Gasteiger partial charge >= 0.3 is 0 Å². The number of aromatic nitrogens is 2. The molecule has 1 heterocycles. The third-order valence-electron chi connectivity index (χ3n) is 2.35. The van der Waals surface area contributed by atoms with Crippen molar-refractivity contribution in [3.8, 4) is 5.88 Å². The van der Waals surface area contributed by atoms with E-state index in [2.05, 4.69) is 15.3 Å². The predicted molar refractivity (Wildman–Crippen MR) is 77.1 cm³/mol. The van der Waals surface area contributed by atoms with E-state index in [0.29, 0.717) is 17.6 Å². The van der Waals surface area contributed by atoms with E-state index in [1.54, 1.807) is 6.07 Å². The molecule has 5 heteroatoms. The number of anilines is 2. The Morgan fingerprint density at radius 2 is 2.11 bits per heavy atom. The van der Waals surface area contributed by atoms with Crippen LogP contribution < -0.4 is 10.1 Å². The zero-order chi connectivity index (χ0) is 13.7. The lowest BCUT2D eigenvalue weighted by Crippen LogP contribution is -2.07. The molecule has 1 aromatic heterocycles. The van der Waals surface area contributed by atoms with E-state index < -0.39 is 0 Å². The second kappa shape index (κ2) is 6.38. The Balaban J connectivity index is 2.13. The van der Waals surface area contributed by atoms with Gasteiger partial charge in [-0.15, -0.1) is 11.6 Å². The first-order chi connectivity index (χ1) is 9.17. The summed E-state index contributed by atoms with van der Waals surface area (Å²) in [6.45, 7) is 3.91. The van der Waals surface area contributed by atoms with Crippen LogP contribution in [0.4, 0.5) is 11.5 Å². The minimum atomic E-state index is 0.0855. The fourth-order valence-corrected chi connectivity index (χ4v) is 1.76. The highest BCUT2D eigenvalue weighted by Gasteiger charge is 2.03. The van der Waals surface area contributed by atoms with E-state index in [9.17, 15) is 0 Å². The zero-order valence-electron chi connectivity index (χ0n) is 10.9. The van der Waals surface area contributed by atoms with Crippen molar-refractivity contribution in [2.24, 2.45) is 0 Å². The number of nitrogens with zero attached hydrogens (tertiary/aromatic N) is 2. The molecule has 0 radical (unpaired) electrons. The first kappa shape index (κ1) is 13.6. The molecule has 0 atom stereocenters. The first-order valence-electron chi connectivity index (χ1n) is 6.08. The average molecular weight is 278 g/mol. The van der Waals surface area contributed by atoms with Gasteiger partial charge in [-0.05, 0) is 31.5 Å². The summed E-state index contributed by atoms with van der Waals surface area (Å²) in [6, 6.07) is 9.64. The molecule has 0 unspecified atom stereocenters. The molecule has 100 valence electrons. The SMILES string of the molecule is CC(C)Oc1cc(Nc2cccc(CCl)c2)ncn1. The second-order valence-corrected chi connectivity index (χ2v) is 4.63. The van der Waals surface area contributed by atoms with Gasteiger partial charge in [-0.3, -0.25) is 0 Å². The third-order valence-corrected chi connectivity index (χ3v) is 2.66. The van der Waals surface area contributed by atoms with Gasteiger partial charge in [-0.1, -0.05) is 12.1 Å². The number of hydrogen-bond acceptors (Lipinski definition) is 4. The molecule has 0 aliphatic rings. The maximum absolute atomic E-state index is 5.81. The van der Waals surface area contributed by atoms with Gasteiger partial charge < -0.3 is 10.1 Å². The summed E-state index contributed by atoms with van der Waals surface area (Å²) in [5.41, 5.74) is 1.99. The Bertz CT molecular complexity index is 546. The summed E-state index contributed by atoms with van der Waals surface area (Å²) < 4.78 is 5.53. The highest BCUT2D eigenvalue weighted by molar-refractivity contribution is 6.17. The molecule has 2 rings (SSSR count). The van der Waals surface area contributed by atoms with Crippen LogP contribution in [-0.4, -0.2) is 16.1 Å². The molecule has 0 saturated heterocycles. The maximum atomic E-state index is 5.81. The molecule has 0 aliphatic carbocycles. The lowest BCUT2D eigenvalue weighted by atomic mass is 10.2. The Kier molecular flexibility index (Phi) is 4.58. The van der Waals surface area contributed by atoms with Crippen LogP contribution in [0.5, 0.6) is 5.88 Å². The van der Waals surface area contributed by atoms with Gasteiger partial charge in [0.1, 0.15) is 12.1 Å². The quantitative estimate of drug-likeness (QED) is 0.846. The Hall–Kier alpha value is -1.81. The minimum Gasteiger partial charge on any atom is -0.475 e. The molecule has 1 N–H and O–H groups in total. The van der Waals surface area contributed by atoms with Crippen LogP contribution in [0.25, 0.3) is 0 Å². The van der Waals surface area contributed by atoms with Crippen molar-refractivity contribution in [3.05, 3.63) is 42.2 Å². The van der Waals surface area contributed by atoms with E-state index in [0.717, 1.165) is 11.3 Å². The monoisotopic (exact) mass is 277 g/mol. The third kappa shape index (κ3) is 4.10. The van der Waals surface area contributed by atoms with Crippen LogP contribution in [-0.2, 0) is 5.88 Å². The van der Waals surface area contributed by atoms with Gasteiger partial charge in [-0.25, -0.2) is 9.97 Å². The van der Waals surface area contributed by atoms with Gasteiger partial charge in [0.2, 0.25) is 5.88 Å². The summed E-state index contributed by atoms with van der Waals surface area (Å²) in [4.78, 5) is 8.22. The van der Waals surface area contributed by atoms with E-state index >= 15 is 0 Å². The topological polar surface area (TPSA) is 47.0 Å². The van der Waals surface area contributed by atoms with Crippen LogP contribution in [0, 0.1) is 0 Å². The molecule has 1 aromatic carbocycles. The van der Waals surface area contributed by atoms with Crippen LogP contribution >= 0.6 is 11.6 Å². The largest absolute Gasteiger partial charge is 0.475 e. The molecule has 0 spiro atoms. The number of benzene rings is 1. The van der Waals surface area contributed by atoms with Gasteiger partial charge in [0.05, 0.1) is 6.10 Å². The zero-order valence-corrected chi connectivity index (χ0v) is 11.7. The van der Waals surface area contributed by atoms with Crippen molar-refractivity contribution >= 4 is 23.1 Å². The molecule has 4 nitrogen and oxygen atoms in total. The van der Waals surface area contributed by atoms with Crippen LogP contribution in [0.1, 0.15) is 19.4 Å². The maximum Gasteiger partial charge on any atom is 0.218 e. The Morgan fingerprint density at radius 3 is 2.84 bits per heavy atom. The molecule has 19 heavy (non-hydrogen) atoms. The van der Waals surface area contributed by atoms with E-state index in [1.165, 1.54) is 6.33 Å². The van der Waals surface area contributed by atoms with Crippen molar-refractivity contribution < 1.29 is 4.74 Å². The number of alkyl halides is 1. The van der Waals surface area contributed by atoms with Crippen molar-refractivity contribution in [2.75, 3.05) is 5.32 Å². The van der Waals surface area contributed by atoms with E-state index in [-0.39, 0.29) is 6.10 Å². The normalized spacial score (nSPS) is 10.5. The molecule has 0 bridgehead atoms. The lowest BCUT2D eigenvalue weighted by Gasteiger charge is -2.10. The summed E-state index contributed by atoms with van der Waals surface area (Å²) >= 11 is 5.81. The van der Waals surface area contributed by atoms with Crippen molar-refractivity contribution in [1.29, 1.82) is 0 Å². The van der Waals surface area contributed by atoms with Gasteiger partial charge in [0.25, 0.3) is 0 Å². The number of halogens is 1. The first-order valence-corrected chi connectivity index (χ1v) is 6.61. The highest BCUT2D eigenvalue weighted by atomic mass is 35.5. The summed E-state index contributed by atoms with van der Waals surface area (Å²) in [7, 11) is 0. The van der Waals surface area contributed by atoms with Crippen LogP contribution in [0.3, 0.4) is 0 Å². The Morgan fingerprint density at radius 1 is 1.26 bits per heavy atom. The fraction of sp³-hybridized carbons (Fsp3) is 0.286. The van der Waals surface area contributed by atoms with Crippen molar-refractivity contribution in [1.82, 2.24) is 9.97 Å². The number of ether oxygens (including phenoxy) is 1. The molecule has 2 aromatic rings. The average Bonchev–Trinajstić information content (AvgIpc) is 2.38.